The lowest BCUT2D eigenvalue weighted by Gasteiger charge is -2.61. The zero-order chi connectivity index (χ0) is 14.2. The van der Waals surface area contributed by atoms with Crippen molar-refractivity contribution in [2.75, 3.05) is 7.11 Å². The molecule has 4 aliphatic carbocycles. The number of hydrogen-bond donors (Lipinski definition) is 0. The summed E-state index contributed by atoms with van der Waals surface area (Å²) in [6.07, 6.45) is 3.68. The Hall–Kier alpha value is -1.35. The van der Waals surface area contributed by atoms with E-state index in [1.165, 1.54) is 19.1 Å². The zero-order valence-electron chi connectivity index (χ0n) is 12.2. The third-order valence-corrected chi connectivity index (χ3v) is 6.70. The van der Waals surface area contributed by atoms with Gasteiger partial charge in [0.1, 0.15) is 0 Å². The van der Waals surface area contributed by atoms with Crippen molar-refractivity contribution in [1.82, 2.24) is 0 Å². The molecule has 3 heteroatoms. The highest BCUT2D eigenvalue weighted by Gasteiger charge is 2.75. The van der Waals surface area contributed by atoms with Gasteiger partial charge in [-0.15, -0.1) is 0 Å². The standard InChI is InChI=1S/C18H20O3/c1-20-17(19)14-12-8-7-11-13(14)9-18(15(11)16(12)21-18)10-5-3-2-4-6-10/h2-6,11-16H,7-9H2,1H3/t11-,12+,13-,14-,15+,16-,18-/m0/s1. The number of ether oxygens (including phenoxy) is 2. The molecule has 1 saturated heterocycles. The van der Waals surface area contributed by atoms with Gasteiger partial charge in [0.2, 0.25) is 0 Å². The van der Waals surface area contributed by atoms with Crippen LogP contribution in [0.25, 0.3) is 0 Å². The second-order valence-corrected chi connectivity index (χ2v) is 7.19. The Morgan fingerprint density at radius 2 is 1.95 bits per heavy atom. The second kappa shape index (κ2) is 3.89. The lowest BCUT2D eigenvalue weighted by Crippen LogP contribution is -2.64. The number of hydrogen-bond acceptors (Lipinski definition) is 3. The molecule has 0 aromatic heterocycles. The molecule has 4 bridgehead atoms. The minimum atomic E-state index is -0.108. The molecule has 0 amide bonds. The van der Waals surface area contributed by atoms with E-state index in [9.17, 15) is 4.79 Å². The molecule has 110 valence electrons. The lowest BCUT2D eigenvalue weighted by atomic mass is 9.54. The second-order valence-electron chi connectivity index (χ2n) is 7.19. The van der Waals surface area contributed by atoms with Crippen LogP contribution in [0.2, 0.25) is 0 Å². The number of carbonyl (C=O) groups is 1. The third kappa shape index (κ3) is 1.28. The van der Waals surface area contributed by atoms with Crippen LogP contribution in [0.1, 0.15) is 24.8 Å². The van der Waals surface area contributed by atoms with Crippen molar-refractivity contribution in [1.29, 1.82) is 0 Å². The predicted molar refractivity (Wildman–Crippen MR) is 76.3 cm³/mol. The Labute approximate surface area is 124 Å². The molecule has 0 radical (unpaired) electrons. The Morgan fingerprint density at radius 3 is 2.71 bits per heavy atom. The molecule has 1 heterocycles. The molecule has 6 rings (SSSR count). The van der Waals surface area contributed by atoms with Crippen molar-refractivity contribution in [2.24, 2.45) is 29.6 Å². The van der Waals surface area contributed by atoms with E-state index in [0.29, 0.717) is 23.7 Å². The largest absolute Gasteiger partial charge is 0.469 e. The van der Waals surface area contributed by atoms with Gasteiger partial charge < -0.3 is 9.47 Å². The molecule has 5 fully saturated rings. The van der Waals surface area contributed by atoms with Gasteiger partial charge in [0.15, 0.2) is 0 Å². The summed E-state index contributed by atoms with van der Waals surface area (Å²) in [6, 6.07) is 10.6. The van der Waals surface area contributed by atoms with E-state index in [4.69, 9.17) is 9.47 Å². The van der Waals surface area contributed by atoms with Gasteiger partial charge in [0.25, 0.3) is 0 Å². The van der Waals surface area contributed by atoms with Crippen LogP contribution < -0.4 is 0 Å². The van der Waals surface area contributed by atoms with E-state index in [0.717, 1.165) is 12.8 Å². The summed E-state index contributed by atoms with van der Waals surface area (Å²) in [6.45, 7) is 0. The Kier molecular flexibility index (Phi) is 2.26. The maximum absolute atomic E-state index is 12.3. The molecule has 0 unspecified atom stereocenters. The molecule has 0 N–H and O–H groups in total. The monoisotopic (exact) mass is 284 g/mol. The summed E-state index contributed by atoms with van der Waals surface area (Å²) in [5.74, 6) is 2.19. The average molecular weight is 284 g/mol. The van der Waals surface area contributed by atoms with Gasteiger partial charge in [0, 0.05) is 5.92 Å². The van der Waals surface area contributed by atoms with Crippen LogP contribution in [0.4, 0.5) is 0 Å². The molecular weight excluding hydrogens is 264 g/mol. The van der Waals surface area contributed by atoms with Gasteiger partial charge in [-0.25, -0.2) is 0 Å². The third-order valence-electron chi connectivity index (χ3n) is 6.70. The average Bonchev–Trinajstić information content (AvgIpc) is 2.66. The van der Waals surface area contributed by atoms with Crippen molar-refractivity contribution < 1.29 is 14.3 Å². The van der Waals surface area contributed by atoms with Crippen LogP contribution in [-0.4, -0.2) is 19.2 Å². The van der Waals surface area contributed by atoms with E-state index >= 15 is 0 Å². The van der Waals surface area contributed by atoms with E-state index in [1.54, 1.807) is 0 Å². The first kappa shape index (κ1) is 12.2. The summed E-state index contributed by atoms with van der Waals surface area (Å²) in [7, 11) is 1.52. The van der Waals surface area contributed by atoms with Crippen molar-refractivity contribution in [2.45, 2.75) is 31.0 Å². The van der Waals surface area contributed by atoms with Crippen molar-refractivity contribution in [3.8, 4) is 0 Å². The minimum absolute atomic E-state index is 0.00693. The summed E-state index contributed by atoms with van der Waals surface area (Å²) >= 11 is 0. The predicted octanol–water partition coefficient (Wildman–Crippen LogP) is 2.75. The Morgan fingerprint density at radius 1 is 1.19 bits per heavy atom. The molecule has 21 heavy (non-hydrogen) atoms. The Bertz CT molecular complexity index is 598. The first-order valence-electron chi connectivity index (χ1n) is 8.07. The summed E-state index contributed by atoms with van der Waals surface area (Å²) in [4.78, 5) is 12.3. The quantitative estimate of drug-likeness (QED) is 0.783. The highest BCUT2D eigenvalue weighted by molar-refractivity contribution is 5.74. The van der Waals surface area contributed by atoms with E-state index in [-0.39, 0.29) is 23.6 Å². The van der Waals surface area contributed by atoms with Crippen LogP contribution in [-0.2, 0) is 19.9 Å². The summed E-state index contributed by atoms with van der Waals surface area (Å²) in [5, 5.41) is 0. The van der Waals surface area contributed by atoms with Crippen LogP contribution >= 0.6 is 0 Å². The first-order chi connectivity index (χ1) is 10.3. The maximum Gasteiger partial charge on any atom is 0.309 e. The highest BCUT2D eigenvalue weighted by atomic mass is 16.5. The number of methoxy groups -OCH3 is 1. The number of rotatable bonds is 2. The molecular formula is C18H20O3. The van der Waals surface area contributed by atoms with Crippen LogP contribution in [0.5, 0.6) is 0 Å². The SMILES string of the molecule is COC(=O)[C@@H]1[C@H]2C[C@@]3(c4ccccc4)O[C@H]4[C@@H]1CC[C@@H]2[C@H]43. The van der Waals surface area contributed by atoms with E-state index in [2.05, 4.69) is 30.3 Å². The van der Waals surface area contributed by atoms with Crippen LogP contribution in [0.15, 0.2) is 30.3 Å². The minimum Gasteiger partial charge on any atom is -0.469 e. The van der Waals surface area contributed by atoms with Crippen molar-refractivity contribution in [3.05, 3.63) is 35.9 Å². The molecule has 0 spiro atoms. The number of benzene rings is 1. The van der Waals surface area contributed by atoms with Crippen LogP contribution in [0, 0.1) is 29.6 Å². The van der Waals surface area contributed by atoms with Gasteiger partial charge >= 0.3 is 5.97 Å². The topological polar surface area (TPSA) is 35.5 Å². The molecule has 1 aromatic carbocycles. The van der Waals surface area contributed by atoms with Gasteiger partial charge in [-0.3, -0.25) is 4.79 Å². The summed E-state index contributed by atoms with van der Waals surface area (Å²) < 4.78 is 11.6. The van der Waals surface area contributed by atoms with Gasteiger partial charge in [-0.05, 0) is 42.6 Å². The maximum atomic E-state index is 12.3. The van der Waals surface area contributed by atoms with E-state index in [1.807, 2.05) is 0 Å². The van der Waals surface area contributed by atoms with Crippen molar-refractivity contribution in [3.63, 3.8) is 0 Å². The normalized spacial score (nSPS) is 48.8. The smallest absolute Gasteiger partial charge is 0.309 e. The van der Waals surface area contributed by atoms with Crippen molar-refractivity contribution >= 4 is 5.97 Å². The first-order valence-corrected chi connectivity index (χ1v) is 8.07. The fourth-order valence-electron chi connectivity index (χ4n) is 6.10. The van der Waals surface area contributed by atoms with E-state index < -0.39 is 0 Å². The molecule has 5 aliphatic rings. The van der Waals surface area contributed by atoms with Gasteiger partial charge in [0.05, 0.1) is 24.7 Å². The number of carbonyl (C=O) groups excluding carboxylic acids is 1. The Balaban J connectivity index is 1.59. The molecule has 3 nitrogen and oxygen atoms in total. The summed E-state index contributed by atoms with van der Waals surface area (Å²) in [5.41, 5.74) is 1.20. The van der Waals surface area contributed by atoms with Gasteiger partial charge in [-0.2, -0.15) is 0 Å². The fraction of sp³-hybridized carbons (Fsp3) is 0.611. The number of esters is 1. The zero-order valence-corrected chi connectivity index (χ0v) is 12.2. The van der Waals surface area contributed by atoms with Gasteiger partial charge in [-0.1, -0.05) is 30.3 Å². The fourth-order valence-corrected chi connectivity index (χ4v) is 6.10. The molecule has 4 saturated carbocycles. The van der Waals surface area contributed by atoms with Crippen LogP contribution in [0.3, 0.4) is 0 Å². The highest BCUT2D eigenvalue weighted by Crippen LogP contribution is 2.73. The number of fused-ring (bicyclic) bond motifs is 1. The molecule has 1 aromatic rings. The lowest BCUT2D eigenvalue weighted by molar-refractivity contribution is -0.303. The molecule has 1 aliphatic heterocycles. The molecule has 7 atom stereocenters.